The van der Waals surface area contributed by atoms with Crippen molar-refractivity contribution in [3.8, 4) is 5.75 Å². The van der Waals surface area contributed by atoms with Crippen LogP contribution in [0.25, 0.3) is 0 Å². The molecule has 21 heavy (non-hydrogen) atoms. The number of aromatic hydroxyl groups is 1. The smallest absolute Gasteiger partial charge is 0.318 e. The van der Waals surface area contributed by atoms with Crippen molar-refractivity contribution in [1.29, 1.82) is 0 Å². The molecular weight excluding hydrogens is 264 g/mol. The first-order valence-electron chi connectivity index (χ1n) is 7.42. The Hall–Kier alpha value is -1.71. The molecule has 0 saturated carbocycles. The number of amides is 2. The van der Waals surface area contributed by atoms with Crippen LogP contribution >= 0.6 is 0 Å². The average molecular weight is 290 g/mol. The molecule has 4 heteroatoms. The Kier molecular flexibility index (Phi) is 3.68. The fraction of sp³-hybridized carbons (Fsp3) is 0.588. The molecule has 1 saturated heterocycles. The maximum Gasteiger partial charge on any atom is 0.318 e. The SMILES string of the molecule is CC(C)(C)c1cc(CC2NC(=O)N2)cc(C(C)(C)C)c1O. The van der Waals surface area contributed by atoms with Crippen molar-refractivity contribution in [1.82, 2.24) is 10.6 Å². The quantitative estimate of drug-likeness (QED) is 0.783. The predicted octanol–water partition coefficient (Wildman–Crippen LogP) is 3.17. The largest absolute Gasteiger partial charge is 0.507 e. The van der Waals surface area contributed by atoms with E-state index < -0.39 is 0 Å². The average Bonchev–Trinajstić information content (AvgIpc) is 2.26. The van der Waals surface area contributed by atoms with Crippen LogP contribution in [0.4, 0.5) is 4.79 Å². The lowest BCUT2D eigenvalue weighted by molar-refractivity contribution is 0.207. The Labute approximate surface area is 126 Å². The summed E-state index contributed by atoms with van der Waals surface area (Å²) in [6.45, 7) is 12.6. The molecule has 1 aromatic rings. The van der Waals surface area contributed by atoms with Crippen molar-refractivity contribution in [3.05, 3.63) is 28.8 Å². The molecule has 1 aromatic carbocycles. The van der Waals surface area contributed by atoms with Gasteiger partial charge in [0, 0.05) is 6.42 Å². The van der Waals surface area contributed by atoms with E-state index in [0.29, 0.717) is 5.75 Å². The predicted molar refractivity (Wildman–Crippen MR) is 84.7 cm³/mol. The number of carbonyl (C=O) groups excluding carboxylic acids is 1. The van der Waals surface area contributed by atoms with E-state index in [1.54, 1.807) is 0 Å². The lowest BCUT2D eigenvalue weighted by Crippen LogP contribution is -2.64. The number of rotatable bonds is 2. The molecule has 2 amide bonds. The highest BCUT2D eigenvalue weighted by atomic mass is 16.3. The van der Waals surface area contributed by atoms with E-state index in [-0.39, 0.29) is 23.0 Å². The summed E-state index contributed by atoms with van der Waals surface area (Å²) in [6, 6.07) is 3.99. The zero-order valence-electron chi connectivity index (χ0n) is 13.8. The van der Waals surface area contributed by atoms with Crippen molar-refractivity contribution in [2.24, 2.45) is 0 Å². The normalized spacial score (nSPS) is 16.2. The third-order valence-corrected chi connectivity index (χ3v) is 3.84. The van der Waals surface area contributed by atoms with E-state index in [1.165, 1.54) is 0 Å². The molecule has 3 N–H and O–H groups in total. The highest BCUT2D eigenvalue weighted by molar-refractivity contribution is 5.80. The van der Waals surface area contributed by atoms with Gasteiger partial charge in [0.2, 0.25) is 0 Å². The van der Waals surface area contributed by atoms with E-state index >= 15 is 0 Å². The minimum absolute atomic E-state index is 0.0114. The van der Waals surface area contributed by atoms with Crippen LogP contribution in [0.2, 0.25) is 0 Å². The van der Waals surface area contributed by atoms with Gasteiger partial charge in [-0.15, -0.1) is 0 Å². The van der Waals surface area contributed by atoms with Crippen molar-refractivity contribution < 1.29 is 9.90 Å². The molecule has 0 atom stereocenters. The van der Waals surface area contributed by atoms with E-state index in [0.717, 1.165) is 23.1 Å². The van der Waals surface area contributed by atoms with Crippen LogP contribution in [0.1, 0.15) is 58.2 Å². The number of phenolic OH excluding ortho intramolecular Hbond substituents is 1. The number of hydrogen-bond acceptors (Lipinski definition) is 2. The highest BCUT2D eigenvalue weighted by Gasteiger charge is 2.29. The van der Waals surface area contributed by atoms with Crippen molar-refractivity contribution in [2.45, 2.75) is 65.0 Å². The summed E-state index contributed by atoms with van der Waals surface area (Å²) in [7, 11) is 0. The summed E-state index contributed by atoms with van der Waals surface area (Å²) in [5.74, 6) is 0.393. The summed E-state index contributed by atoms with van der Waals surface area (Å²) >= 11 is 0. The minimum atomic E-state index is -0.129. The van der Waals surface area contributed by atoms with Gasteiger partial charge in [-0.25, -0.2) is 4.79 Å². The van der Waals surface area contributed by atoms with Gasteiger partial charge >= 0.3 is 6.03 Å². The molecule has 0 aromatic heterocycles. The van der Waals surface area contributed by atoms with Crippen LogP contribution < -0.4 is 10.6 Å². The fourth-order valence-corrected chi connectivity index (χ4v) is 2.61. The molecule has 0 unspecified atom stereocenters. The van der Waals surface area contributed by atoms with Crippen LogP contribution in [0.15, 0.2) is 12.1 Å². The monoisotopic (exact) mass is 290 g/mol. The first-order valence-corrected chi connectivity index (χ1v) is 7.42. The number of benzene rings is 1. The summed E-state index contributed by atoms with van der Waals surface area (Å²) < 4.78 is 0. The van der Waals surface area contributed by atoms with Crippen molar-refractivity contribution >= 4 is 6.03 Å². The molecule has 0 radical (unpaired) electrons. The zero-order valence-corrected chi connectivity index (χ0v) is 13.8. The first kappa shape index (κ1) is 15.7. The number of hydrogen-bond donors (Lipinski definition) is 3. The molecule has 0 bridgehead atoms. The third kappa shape index (κ3) is 3.31. The summed E-state index contributed by atoms with van der Waals surface area (Å²) in [6.07, 6.45) is 0.709. The molecule has 1 aliphatic rings. The van der Waals surface area contributed by atoms with Crippen molar-refractivity contribution in [2.75, 3.05) is 0 Å². The van der Waals surface area contributed by atoms with Gasteiger partial charge in [-0.2, -0.15) is 0 Å². The maximum atomic E-state index is 10.9. The summed E-state index contributed by atoms with van der Waals surface area (Å²) in [5.41, 5.74) is 2.78. The lowest BCUT2D eigenvalue weighted by atomic mass is 9.78. The topological polar surface area (TPSA) is 61.4 Å². The minimum Gasteiger partial charge on any atom is -0.507 e. The lowest BCUT2D eigenvalue weighted by Gasteiger charge is -2.32. The Balaban J connectivity index is 2.44. The second-order valence-corrected chi connectivity index (χ2v) is 7.91. The van der Waals surface area contributed by atoms with Gasteiger partial charge in [0.05, 0.1) is 0 Å². The first-order chi connectivity index (χ1) is 9.48. The van der Waals surface area contributed by atoms with E-state index in [1.807, 2.05) is 0 Å². The summed E-state index contributed by atoms with van der Waals surface area (Å²) in [4.78, 5) is 10.9. The van der Waals surface area contributed by atoms with Crippen LogP contribution in [-0.2, 0) is 17.3 Å². The zero-order chi connectivity index (χ0) is 16.0. The van der Waals surface area contributed by atoms with Crippen molar-refractivity contribution in [3.63, 3.8) is 0 Å². The van der Waals surface area contributed by atoms with Gasteiger partial charge in [0.25, 0.3) is 0 Å². The molecule has 4 nitrogen and oxygen atoms in total. The second kappa shape index (κ2) is 4.93. The molecule has 1 aliphatic heterocycles. The van der Waals surface area contributed by atoms with Gasteiger partial charge < -0.3 is 15.7 Å². The second-order valence-electron chi connectivity index (χ2n) is 7.91. The van der Waals surface area contributed by atoms with E-state index in [2.05, 4.69) is 64.3 Å². The molecule has 116 valence electrons. The van der Waals surface area contributed by atoms with Crippen LogP contribution in [0, 0.1) is 0 Å². The van der Waals surface area contributed by atoms with Crippen LogP contribution in [0.3, 0.4) is 0 Å². The third-order valence-electron chi connectivity index (χ3n) is 3.84. The Morgan fingerprint density at radius 1 is 1.00 bits per heavy atom. The molecule has 1 fully saturated rings. The number of carbonyl (C=O) groups is 1. The molecular formula is C17H26N2O2. The molecule has 0 aliphatic carbocycles. The Morgan fingerprint density at radius 2 is 1.43 bits per heavy atom. The Bertz CT molecular complexity index is 522. The van der Waals surface area contributed by atoms with Crippen LogP contribution in [0.5, 0.6) is 5.75 Å². The number of urea groups is 1. The van der Waals surface area contributed by atoms with Gasteiger partial charge in [0.15, 0.2) is 0 Å². The molecule has 1 heterocycles. The van der Waals surface area contributed by atoms with Gasteiger partial charge in [-0.3, -0.25) is 0 Å². The van der Waals surface area contributed by atoms with Gasteiger partial charge in [-0.1, -0.05) is 53.7 Å². The number of phenols is 1. The molecule has 2 rings (SSSR count). The Morgan fingerprint density at radius 3 is 1.76 bits per heavy atom. The van der Waals surface area contributed by atoms with Gasteiger partial charge in [0.1, 0.15) is 11.9 Å². The van der Waals surface area contributed by atoms with E-state index in [4.69, 9.17) is 0 Å². The van der Waals surface area contributed by atoms with E-state index in [9.17, 15) is 9.90 Å². The van der Waals surface area contributed by atoms with Gasteiger partial charge in [-0.05, 0) is 27.5 Å². The summed E-state index contributed by atoms with van der Waals surface area (Å²) in [5, 5.41) is 16.3. The van der Waals surface area contributed by atoms with Crippen LogP contribution in [-0.4, -0.2) is 17.3 Å². The standard InChI is InChI=1S/C17H26N2O2/c1-16(2,3)11-7-10(9-13-18-15(21)19-13)8-12(14(11)20)17(4,5)6/h7-8,13,20H,9H2,1-6H3,(H2,18,19,21). The highest BCUT2D eigenvalue weighted by Crippen LogP contribution is 2.39. The number of nitrogens with one attached hydrogen (secondary N) is 2. The molecule has 0 spiro atoms. The fourth-order valence-electron chi connectivity index (χ4n) is 2.61. The maximum absolute atomic E-state index is 10.9.